The molecule has 0 spiro atoms. The number of pyridine rings is 1. The quantitative estimate of drug-likeness (QED) is 0.774. The SMILES string of the molecule is O=C(NCc1cccc(O)c1)c1cccc2cccnc12. The number of hydrogen-bond acceptors (Lipinski definition) is 3. The molecular formula is C17H14N2O2. The Balaban J connectivity index is 1.81. The molecule has 21 heavy (non-hydrogen) atoms. The van der Waals surface area contributed by atoms with Gasteiger partial charge in [0.05, 0.1) is 11.1 Å². The molecule has 0 saturated carbocycles. The Morgan fingerprint density at radius 1 is 1.10 bits per heavy atom. The minimum Gasteiger partial charge on any atom is -0.508 e. The summed E-state index contributed by atoms with van der Waals surface area (Å²) < 4.78 is 0. The van der Waals surface area contributed by atoms with Crippen molar-refractivity contribution in [1.29, 1.82) is 0 Å². The van der Waals surface area contributed by atoms with Gasteiger partial charge in [0.2, 0.25) is 0 Å². The van der Waals surface area contributed by atoms with E-state index in [4.69, 9.17) is 0 Å². The van der Waals surface area contributed by atoms with E-state index in [9.17, 15) is 9.90 Å². The minimum absolute atomic E-state index is 0.178. The zero-order valence-corrected chi connectivity index (χ0v) is 11.3. The van der Waals surface area contributed by atoms with Crippen molar-refractivity contribution in [1.82, 2.24) is 10.3 Å². The summed E-state index contributed by atoms with van der Waals surface area (Å²) in [5, 5.41) is 13.2. The molecule has 0 unspecified atom stereocenters. The number of nitrogens with one attached hydrogen (secondary N) is 1. The Kier molecular flexibility index (Phi) is 3.51. The normalized spacial score (nSPS) is 10.5. The van der Waals surface area contributed by atoms with Crippen LogP contribution in [0.15, 0.2) is 60.8 Å². The van der Waals surface area contributed by atoms with E-state index in [1.54, 1.807) is 30.5 Å². The summed E-state index contributed by atoms with van der Waals surface area (Å²) in [6.07, 6.45) is 1.67. The van der Waals surface area contributed by atoms with Crippen LogP contribution in [0, 0.1) is 0 Å². The smallest absolute Gasteiger partial charge is 0.253 e. The molecule has 0 aliphatic rings. The maximum atomic E-state index is 12.3. The van der Waals surface area contributed by atoms with E-state index >= 15 is 0 Å². The number of rotatable bonds is 3. The zero-order chi connectivity index (χ0) is 14.7. The third-order valence-electron chi connectivity index (χ3n) is 3.24. The highest BCUT2D eigenvalue weighted by atomic mass is 16.3. The molecule has 0 radical (unpaired) electrons. The lowest BCUT2D eigenvalue weighted by molar-refractivity contribution is 0.0952. The van der Waals surface area contributed by atoms with Crippen LogP contribution in [0.3, 0.4) is 0 Å². The van der Waals surface area contributed by atoms with E-state index in [1.807, 2.05) is 30.3 Å². The van der Waals surface area contributed by atoms with Crippen molar-refractivity contribution in [3.8, 4) is 5.75 Å². The number of amides is 1. The van der Waals surface area contributed by atoms with Gasteiger partial charge in [-0.1, -0.05) is 30.3 Å². The second-order valence-corrected chi connectivity index (χ2v) is 4.73. The zero-order valence-electron chi connectivity index (χ0n) is 11.3. The van der Waals surface area contributed by atoms with Gasteiger partial charge in [-0.2, -0.15) is 0 Å². The van der Waals surface area contributed by atoms with Crippen molar-refractivity contribution in [2.24, 2.45) is 0 Å². The van der Waals surface area contributed by atoms with Crippen LogP contribution in [0.1, 0.15) is 15.9 Å². The first-order chi connectivity index (χ1) is 10.2. The summed E-state index contributed by atoms with van der Waals surface area (Å²) in [6.45, 7) is 0.358. The van der Waals surface area contributed by atoms with E-state index in [1.165, 1.54) is 0 Å². The third-order valence-corrected chi connectivity index (χ3v) is 3.24. The van der Waals surface area contributed by atoms with E-state index in [0.29, 0.717) is 17.6 Å². The molecule has 1 heterocycles. The number of para-hydroxylation sites is 1. The van der Waals surface area contributed by atoms with Crippen LogP contribution in [-0.4, -0.2) is 16.0 Å². The molecule has 104 valence electrons. The lowest BCUT2D eigenvalue weighted by Crippen LogP contribution is -2.23. The number of carbonyl (C=O) groups excluding carboxylic acids is 1. The molecule has 0 aliphatic heterocycles. The number of phenols is 1. The predicted octanol–water partition coefficient (Wildman–Crippen LogP) is 2.87. The fourth-order valence-electron chi connectivity index (χ4n) is 2.23. The summed E-state index contributed by atoms with van der Waals surface area (Å²) in [4.78, 5) is 16.6. The molecule has 4 heteroatoms. The van der Waals surface area contributed by atoms with Gasteiger partial charge >= 0.3 is 0 Å². The van der Waals surface area contributed by atoms with E-state index in [0.717, 1.165) is 10.9 Å². The molecule has 2 N–H and O–H groups in total. The molecule has 1 aromatic heterocycles. The first-order valence-corrected chi connectivity index (χ1v) is 6.64. The average Bonchev–Trinajstić information content (AvgIpc) is 2.52. The maximum absolute atomic E-state index is 12.3. The van der Waals surface area contributed by atoms with Gasteiger partial charge in [-0.3, -0.25) is 9.78 Å². The molecule has 0 atom stereocenters. The molecule has 3 rings (SSSR count). The first kappa shape index (κ1) is 13.1. The van der Waals surface area contributed by atoms with Gasteiger partial charge in [0.1, 0.15) is 5.75 Å². The molecule has 0 fully saturated rings. The van der Waals surface area contributed by atoms with Crippen molar-refractivity contribution < 1.29 is 9.90 Å². The Morgan fingerprint density at radius 2 is 1.90 bits per heavy atom. The number of phenolic OH excluding ortho intramolecular Hbond substituents is 1. The predicted molar refractivity (Wildman–Crippen MR) is 81.0 cm³/mol. The monoisotopic (exact) mass is 278 g/mol. The van der Waals surface area contributed by atoms with Crippen LogP contribution in [0.5, 0.6) is 5.75 Å². The summed E-state index contributed by atoms with van der Waals surface area (Å²) in [7, 11) is 0. The first-order valence-electron chi connectivity index (χ1n) is 6.64. The molecule has 2 aromatic carbocycles. The fraction of sp³-hybridized carbons (Fsp3) is 0.0588. The number of hydrogen-bond donors (Lipinski definition) is 2. The van der Waals surface area contributed by atoms with Gasteiger partial charge in [0.15, 0.2) is 0 Å². The van der Waals surface area contributed by atoms with Crippen LogP contribution < -0.4 is 5.32 Å². The fourth-order valence-corrected chi connectivity index (χ4v) is 2.23. The number of aromatic hydroxyl groups is 1. The largest absolute Gasteiger partial charge is 0.508 e. The van der Waals surface area contributed by atoms with Crippen LogP contribution >= 0.6 is 0 Å². The van der Waals surface area contributed by atoms with Gasteiger partial charge in [-0.25, -0.2) is 0 Å². The van der Waals surface area contributed by atoms with Crippen molar-refractivity contribution in [3.05, 3.63) is 71.9 Å². The number of nitrogens with zero attached hydrogens (tertiary/aromatic N) is 1. The van der Waals surface area contributed by atoms with Crippen molar-refractivity contribution >= 4 is 16.8 Å². The third kappa shape index (κ3) is 2.84. The second-order valence-electron chi connectivity index (χ2n) is 4.73. The van der Waals surface area contributed by atoms with Crippen LogP contribution in [0.25, 0.3) is 10.9 Å². The lowest BCUT2D eigenvalue weighted by atomic mass is 10.1. The molecule has 3 aromatic rings. The molecule has 0 bridgehead atoms. The van der Waals surface area contributed by atoms with Crippen molar-refractivity contribution in [2.75, 3.05) is 0 Å². The topological polar surface area (TPSA) is 62.2 Å². The highest BCUT2D eigenvalue weighted by Gasteiger charge is 2.10. The number of carbonyl (C=O) groups is 1. The molecule has 4 nitrogen and oxygen atoms in total. The Labute approximate surface area is 122 Å². The molecule has 1 amide bonds. The van der Waals surface area contributed by atoms with Gasteiger partial charge in [-0.15, -0.1) is 0 Å². The summed E-state index contributed by atoms with van der Waals surface area (Å²) in [5.41, 5.74) is 2.08. The van der Waals surface area contributed by atoms with Crippen LogP contribution in [0.4, 0.5) is 0 Å². The van der Waals surface area contributed by atoms with Gasteiger partial charge < -0.3 is 10.4 Å². The molecule has 0 saturated heterocycles. The summed E-state index contributed by atoms with van der Waals surface area (Å²) in [5.74, 6) is 0.0104. The lowest BCUT2D eigenvalue weighted by Gasteiger charge is -2.07. The Morgan fingerprint density at radius 3 is 2.76 bits per heavy atom. The van der Waals surface area contributed by atoms with Gasteiger partial charge in [0, 0.05) is 18.1 Å². The standard InChI is InChI=1S/C17H14N2O2/c20-14-7-1-4-12(10-14)11-19-17(21)15-8-2-5-13-6-3-9-18-16(13)15/h1-10,20H,11H2,(H,19,21). The van der Waals surface area contributed by atoms with Gasteiger partial charge in [-0.05, 0) is 29.8 Å². The molecule has 0 aliphatic carbocycles. The maximum Gasteiger partial charge on any atom is 0.253 e. The Bertz CT molecular complexity index is 794. The van der Waals surface area contributed by atoms with E-state index in [2.05, 4.69) is 10.3 Å². The Hall–Kier alpha value is -2.88. The number of benzene rings is 2. The molecular weight excluding hydrogens is 264 g/mol. The van der Waals surface area contributed by atoms with E-state index < -0.39 is 0 Å². The number of fused-ring (bicyclic) bond motifs is 1. The summed E-state index contributed by atoms with van der Waals surface area (Å²) >= 11 is 0. The van der Waals surface area contributed by atoms with E-state index in [-0.39, 0.29) is 11.7 Å². The van der Waals surface area contributed by atoms with Crippen LogP contribution in [-0.2, 0) is 6.54 Å². The van der Waals surface area contributed by atoms with Gasteiger partial charge in [0.25, 0.3) is 5.91 Å². The van der Waals surface area contributed by atoms with Crippen molar-refractivity contribution in [3.63, 3.8) is 0 Å². The number of aromatic nitrogens is 1. The van der Waals surface area contributed by atoms with Crippen LogP contribution in [0.2, 0.25) is 0 Å². The second kappa shape index (κ2) is 5.63. The minimum atomic E-state index is -0.178. The highest BCUT2D eigenvalue weighted by molar-refractivity contribution is 6.05. The highest BCUT2D eigenvalue weighted by Crippen LogP contribution is 2.16. The average molecular weight is 278 g/mol. The van der Waals surface area contributed by atoms with Crippen molar-refractivity contribution in [2.45, 2.75) is 6.54 Å². The summed E-state index contributed by atoms with van der Waals surface area (Å²) in [6, 6.07) is 16.1.